The molecule has 2 aromatic rings. The van der Waals surface area contributed by atoms with Crippen molar-refractivity contribution < 1.29 is 23.4 Å². The summed E-state index contributed by atoms with van der Waals surface area (Å²) in [6.07, 6.45) is 0. The highest BCUT2D eigenvalue weighted by atomic mass is 35.5. The fourth-order valence-electron chi connectivity index (χ4n) is 1.46. The Bertz CT molecular complexity index is 624. The van der Waals surface area contributed by atoms with Crippen molar-refractivity contribution in [3.05, 3.63) is 27.6 Å². The molecule has 0 fully saturated rings. The number of carbonyl (C=O) groups is 1. The number of fused-ring (bicyclic) bond motifs is 1. The summed E-state index contributed by atoms with van der Waals surface area (Å²) in [4.78, 5) is 10.6. The average Bonchev–Trinajstić information content (AvgIpc) is 2.56. The van der Waals surface area contributed by atoms with Gasteiger partial charge in [0.1, 0.15) is 4.88 Å². The zero-order chi connectivity index (χ0) is 12.7. The maximum absolute atomic E-state index is 13.8. The summed E-state index contributed by atoms with van der Waals surface area (Å²) in [6.45, 7) is 0. The van der Waals surface area contributed by atoms with Crippen molar-refractivity contribution in [1.29, 1.82) is 0 Å². The number of aromatic carboxylic acids is 1. The predicted molar refractivity (Wildman–Crippen MR) is 60.3 cm³/mol. The van der Waals surface area contributed by atoms with Crippen molar-refractivity contribution >= 4 is 39.0 Å². The molecule has 1 heterocycles. The fourth-order valence-corrected chi connectivity index (χ4v) is 2.85. The van der Waals surface area contributed by atoms with Gasteiger partial charge in [-0.15, -0.1) is 11.3 Å². The lowest BCUT2D eigenvalue weighted by molar-refractivity contribution is 0.0702. The smallest absolute Gasteiger partial charge is 0.347 e. The molecule has 3 nitrogen and oxygen atoms in total. The molecule has 1 aromatic carbocycles. The number of thiophene rings is 1. The van der Waals surface area contributed by atoms with Crippen LogP contribution in [0, 0.1) is 11.6 Å². The van der Waals surface area contributed by atoms with Crippen LogP contribution in [0.1, 0.15) is 9.67 Å². The third-order valence-corrected chi connectivity index (χ3v) is 3.78. The lowest BCUT2D eigenvalue weighted by Crippen LogP contribution is -1.94. The van der Waals surface area contributed by atoms with E-state index in [2.05, 4.69) is 4.74 Å². The van der Waals surface area contributed by atoms with E-state index in [0.717, 1.165) is 13.2 Å². The van der Waals surface area contributed by atoms with Crippen LogP contribution in [0.4, 0.5) is 8.78 Å². The monoisotopic (exact) mass is 278 g/mol. The number of hydrogen-bond donors (Lipinski definition) is 1. The number of halogens is 3. The van der Waals surface area contributed by atoms with Gasteiger partial charge in [-0.25, -0.2) is 13.6 Å². The first-order chi connectivity index (χ1) is 7.97. The molecule has 0 radical (unpaired) electrons. The molecule has 17 heavy (non-hydrogen) atoms. The molecule has 90 valence electrons. The number of rotatable bonds is 2. The van der Waals surface area contributed by atoms with E-state index in [4.69, 9.17) is 16.7 Å². The molecule has 0 aliphatic carbocycles. The Labute approximate surface area is 103 Å². The fraction of sp³-hybridized carbons (Fsp3) is 0.100. The summed E-state index contributed by atoms with van der Waals surface area (Å²) >= 11 is 6.46. The minimum atomic E-state index is -1.28. The number of benzene rings is 1. The van der Waals surface area contributed by atoms with Crippen LogP contribution in [0.3, 0.4) is 0 Å². The molecule has 0 aliphatic heterocycles. The molecule has 2 rings (SSSR count). The molecule has 1 aromatic heterocycles. The van der Waals surface area contributed by atoms with Crippen LogP contribution < -0.4 is 4.74 Å². The standard InChI is InChI=1S/C10H5ClF2O3S/c1-16-8-3(12)2-4-5(7(8)13)6(11)9(17-4)10(14)15/h2H,1H3,(H,14,15). The van der Waals surface area contributed by atoms with E-state index >= 15 is 0 Å². The van der Waals surface area contributed by atoms with Gasteiger partial charge in [-0.2, -0.15) is 0 Å². The highest BCUT2D eigenvalue weighted by Crippen LogP contribution is 2.40. The maximum atomic E-state index is 13.8. The van der Waals surface area contributed by atoms with Crippen molar-refractivity contribution in [1.82, 2.24) is 0 Å². The van der Waals surface area contributed by atoms with Crippen LogP contribution in [0.2, 0.25) is 5.02 Å². The van der Waals surface area contributed by atoms with Gasteiger partial charge in [0.05, 0.1) is 17.5 Å². The van der Waals surface area contributed by atoms with Crippen LogP contribution in [0.15, 0.2) is 6.07 Å². The van der Waals surface area contributed by atoms with Gasteiger partial charge in [-0.3, -0.25) is 0 Å². The quantitative estimate of drug-likeness (QED) is 0.914. The summed E-state index contributed by atoms with van der Waals surface area (Å²) in [5.41, 5.74) is 0. The Morgan fingerprint density at radius 1 is 1.53 bits per heavy atom. The minimum Gasteiger partial charge on any atom is -0.491 e. The topological polar surface area (TPSA) is 46.5 Å². The predicted octanol–water partition coefficient (Wildman–Crippen LogP) is 3.54. The van der Waals surface area contributed by atoms with Gasteiger partial charge in [-0.05, 0) is 6.07 Å². The van der Waals surface area contributed by atoms with E-state index in [1.54, 1.807) is 0 Å². The second-order valence-electron chi connectivity index (χ2n) is 3.13. The minimum absolute atomic E-state index is 0.128. The van der Waals surface area contributed by atoms with Crippen LogP contribution in [0.25, 0.3) is 10.1 Å². The molecule has 0 saturated heterocycles. The van der Waals surface area contributed by atoms with Gasteiger partial charge in [0.15, 0.2) is 17.4 Å². The molecular weight excluding hydrogens is 274 g/mol. The maximum Gasteiger partial charge on any atom is 0.347 e. The molecule has 0 spiro atoms. The summed E-state index contributed by atoms with van der Waals surface area (Å²) in [7, 11) is 1.12. The number of methoxy groups -OCH3 is 1. The van der Waals surface area contributed by atoms with Crippen molar-refractivity contribution in [2.24, 2.45) is 0 Å². The second-order valence-corrected chi connectivity index (χ2v) is 4.56. The van der Waals surface area contributed by atoms with E-state index < -0.39 is 23.4 Å². The Morgan fingerprint density at radius 2 is 2.18 bits per heavy atom. The Balaban J connectivity index is 2.89. The molecule has 0 saturated carbocycles. The van der Waals surface area contributed by atoms with Gasteiger partial charge >= 0.3 is 5.97 Å². The largest absolute Gasteiger partial charge is 0.491 e. The Morgan fingerprint density at radius 3 is 2.71 bits per heavy atom. The molecule has 0 aliphatic rings. The number of carboxylic acid groups (broad SMARTS) is 1. The van der Waals surface area contributed by atoms with Gasteiger partial charge in [0.25, 0.3) is 0 Å². The van der Waals surface area contributed by atoms with E-state index in [9.17, 15) is 13.6 Å². The van der Waals surface area contributed by atoms with E-state index in [1.807, 2.05) is 0 Å². The van der Waals surface area contributed by atoms with Gasteiger partial charge < -0.3 is 9.84 Å². The first-order valence-electron chi connectivity index (χ1n) is 4.34. The highest BCUT2D eigenvalue weighted by Gasteiger charge is 2.23. The third kappa shape index (κ3) is 1.73. The summed E-state index contributed by atoms with van der Waals surface area (Å²) in [6, 6.07) is 1.00. The highest BCUT2D eigenvalue weighted by molar-refractivity contribution is 7.21. The lowest BCUT2D eigenvalue weighted by Gasteiger charge is -2.04. The molecule has 0 atom stereocenters. The van der Waals surface area contributed by atoms with E-state index in [1.165, 1.54) is 0 Å². The SMILES string of the molecule is COc1c(F)cc2sc(C(=O)O)c(Cl)c2c1F. The van der Waals surface area contributed by atoms with Crippen LogP contribution in [0.5, 0.6) is 5.75 Å². The van der Waals surface area contributed by atoms with Crippen molar-refractivity contribution in [2.75, 3.05) is 7.11 Å². The Kier molecular flexibility index (Phi) is 2.92. The number of ether oxygens (including phenoxy) is 1. The molecule has 0 amide bonds. The van der Waals surface area contributed by atoms with E-state index in [-0.39, 0.29) is 20.0 Å². The first kappa shape index (κ1) is 12.1. The van der Waals surface area contributed by atoms with Gasteiger partial charge in [0, 0.05) is 4.70 Å². The van der Waals surface area contributed by atoms with E-state index in [0.29, 0.717) is 11.3 Å². The van der Waals surface area contributed by atoms with Crippen molar-refractivity contribution in [3.63, 3.8) is 0 Å². The number of carboxylic acids is 1. The van der Waals surface area contributed by atoms with Crippen molar-refractivity contribution in [2.45, 2.75) is 0 Å². The molecule has 7 heteroatoms. The summed E-state index contributed by atoms with van der Waals surface area (Å²) < 4.78 is 31.9. The zero-order valence-corrected chi connectivity index (χ0v) is 9.96. The normalized spacial score (nSPS) is 10.8. The van der Waals surface area contributed by atoms with Crippen molar-refractivity contribution in [3.8, 4) is 5.75 Å². The molecule has 0 unspecified atom stereocenters. The second kappa shape index (κ2) is 4.12. The lowest BCUT2D eigenvalue weighted by atomic mass is 10.2. The Hall–Kier alpha value is -1.40. The summed E-state index contributed by atoms with van der Waals surface area (Å²) in [5.74, 6) is -3.74. The van der Waals surface area contributed by atoms with Crippen LogP contribution in [-0.2, 0) is 0 Å². The third-order valence-electron chi connectivity index (χ3n) is 2.17. The average molecular weight is 279 g/mol. The van der Waals surface area contributed by atoms with Gasteiger partial charge in [-0.1, -0.05) is 11.6 Å². The molecular formula is C10H5ClF2O3S. The first-order valence-corrected chi connectivity index (χ1v) is 5.54. The van der Waals surface area contributed by atoms with Crippen LogP contribution in [-0.4, -0.2) is 18.2 Å². The molecule has 0 bridgehead atoms. The van der Waals surface area contributed by atoms with Gasteiger partial charge in [0.2, 0.25) is 0 Å². The summed E-state index contributed by atoms with van der Waals surface area (Å²) in [5, 5.41) is 8.46. The number of hydrogen-bond acceptors (Lipinski definition) is 3. The zero-order valence-electron chi connectivity index (χ0n) is 8.38. The molecule has 1 N–H and O–H groups in total. The van der Waals surface area contributed by atoms with Crippen LogP contribution >= 0.6 is 22.9 Å².